The smallest absolute Gasteiger partial charge is 0.227 e. The van der Waals surface area contributed by atoms with Gasteiger partial charge in [0.2, 0.25) is 11.8 Å². The van der Waals surface area contributed by atoms with Crippen LogP contribution in [0, 0.1) is 5.92 Å². The first-order valence-corrected chi connectivity index (χ1v) is 8.94. The first kappa shape index (κ1) is 17.5. The molecule has 130 valence electrons. The number of hydrogen-bond donors (Lipinski definition) is 2. The van der Waals surface area contributed by atoms with E-state index in [1.807, 2.05) is 30.3 Å². The Kier molecular flexibility index (Phi) is 5.38. The Bertz CT molecular complexity index is 794. The summed E-state index contributed by atoms with van der Waals surface area (Å²) >= 11 is 3.45. The summed E-state index contributed by atoms with van der Waals surface area (Å²) < 4.78 is 0.841. The highest BCUT2D eigenvalue weighted by molar-refractivity contribution is 9.10. The fraction of sp³-hybridized carbons (Fsp3) is 0.263. The molecule has 0 radical (unpaired) electrons. The van der Waals surface area contributed by atoms with E-state index >= 15 is 0 Å². The highest BCUT2D eigenvalue weighted by Gasteiger charge is 2.35. The van der Waals surface area contributed by atoms with E-state index in [9.17, 15) is 14.7 Å². The number of carbonyl (C=O) groups excluding carboxylic acids is 2. The topological polar surface area (TPSA) is 69.6 Å². The van der Waals surface area contributed by atoms with Crippen molar-refractivity contribution in [2.24, 2.45) is 5.92 Å². The second-order valence-electron chi connectivity index (χ2n) is 6.07. The molecule has 1 unspecified atom stereocenters. The SMILES string of the molecule is O=C(NCCc1cccc(O)c1)C1CC(=O)N(c2ccccc2Br)C1. The number of amides is 2. The number of nitrogens with zero attached hydrogens (tertiary/aromatic N) is 1. The molecule has 6 heteroatoms. The molecule has 3 rings (SSSR count). The van der Waals surface area contributed by atoms with E-state index in [1.165, 1.54) is 0 Å². The fourth-order valence-electron chi connectivity index (χ4n) is 2.97. The number of hydrogen-bond acceptors (Lipinski definition) is 3. The minimum Gasteiger partial charge on any atom is -0.508 e. The molecule has 1 aliphatic heterocycles. The summed E-state index contributed by atoms with van der Waals surface area (Å²) in [7, 11) is 0. The van der Waals surface area contributed by atoms with Crippen LogP contribution in [-0.2, 0) is 16.0 Å². The Morgan fingerprint density at radius 1 is 1.24 bits per heavy atom. The number of carbonyl (C=O) groups is 2. The highest BCUT2D eigenvalue weighted by atomic mass is 79.9. The predicted octanol–water partition coefficient (Wildman–Crippen LogP) is 2.87. The molecule has 0 aliphatic carbocycles. The number of halogens is 1. The van der Waals surface area contributed by atoms with Gasteiger partial charge in [0.05, 0.1) is 11.6 Å². The van der Waals surface area contributed by atoms with Crippen molar-refractivity contribution in [1.29, 1.82) is 0 Å². The van der Waals surface area contributed by atoms with Crippen LogP contribution in [0.25, 0.3) is 0 Å². The summed E-state index contributed by atoms with van der Waals surface area (Å²) in [6, 6.07) is 14.5. The first-order chi connectivity index (χ1) is 12.0. The zero-order valence-corrected chi connectivity index (χ0v) is 15.2. The van der Waals surface area contributed by atoms with Gasteiger partial charge in [-0.25, -0.2) is 0 Å². The Hall–Kier alpha value is -2.34. The molecule has 1 atom stereocenters. The van der Waals surface area contributed by atoms with Crippen LogP contribution in [0.2, 0.25) is 0 Å². The molecule has 0 spiro atoms. The number of nitrogens with one attached hydrogen (secondary N) is 1. The molecular formula is C19H19BrN2O3. The van der Waals surface area contributed by atoms with Gasteiger partial charge >= 0.3 is 0 Å². The number of anilines is 1. The average Bonchev–Trinajstić information content (AvgIpc) is 2.97. The summed E-state index contributed by atoms with van der Waals surface area (Å²) in [5, 5.41) is 12.3. The number of rotatable bonds is 5. The van der Waals surface area contributed by atoms with Crippen molar-refractivity contribution in [3.05, 3.63) is 58.6 Å². The van der Waals surface area contributed by atoms with Crippen molar-refractivity contribution < 1.29 is 14.7 Å². The molecular weight excluding hydrogens is 384 g/mol. The molecule has 25 heavy (non-hydrogen) atoms. The molecule has 1 aliphatic rings. The first-order valence-electron chi connectivity index (χ1n) is 8.15. The van der Waals surface area contributed by atoms with Crippen molar-refractivity contribution in [2.45, 2.75) is 12.8 Å². The monoisotopic (exact) mass is 402 g/mol. The largest absolute Gasteiger partial charge is 0.508 e. The van der Waals surface area contributed by atoms with Crippen molar-refractivity contribution in [1.82, 2.24) is 5.32 Å². The van der Waals surface area contributed by atoms with Gasteiger partial charge in [0.1, 0.15) is 5.75 Å². The van der Waals surface area contributed by atoms with E-state index in [2.05, 4.69) is 21.2 Å². The molecule has 2 amide bonds. The number of phenols is 1. The Balaban J connectivity index is 1.55. The maximum Gasteiger partial charge on any atom is 0.227 e. The molecule has 1 saturated heterocycles. The maximum absolute atomic E-state index is 12.4. The van der Waals surface area contributed by atoms with Crippen LogP contribution in [0.1, 0.15) is 12.0 Å². The standard InChI is InChI=1S/C19H19BrN2O3/c20-16-6-1-2-7-17(16)22-12-14(11-18(22)24)19(25)21-9-8-13-4-3-5-15(23)10-13/h1-7,10,14,23H,8-9,11-12H2,(H,21,25). The molecule has 0 aromatic heterocycles. The zero-order valence-electron chi connectivity index (χ0n) is 13.6. The lowest BCUT2D eigenvalue weighted by Gasteiger charge is -2.18. The molecule has 2 aromatic carbocycles. The molecule has 0 bridgehead atoms. The number of phenolic OH excluding ortho intramolecular Hbond substituents is 1. The van der Waals surface area contributed by atoms with Gasteiger partial charge in [0.15, 0.2) is 0 Å². The normalized spacial score (nSPS) is 16.9. The third-order valence-corrected chi connectivity index (χ3v) is 4.93. The van der Waals surface area contributed by atoms with E-state index in [1.54, 1.807) is 23.1 Å². The Morgan fingerprint density at radius 3 is 2.80 bits per heavy atom. The maximum atomic E-state index is 12.4. The summed E-state index contributed by atoms with van der Waals surface area (Å²) in [6.07, 6.45) is 0.855. The molecule has 2 aromatic rings. The van der Waals surface area contributed by atoms with Crippen LogP contribution in [0.4, 0.5) is 5.69 Å². The highest BCUT2D eigenvalue weighted by Crippen LogP contribution is 2.31. The van der Waals surface area contributed by atoms with Crippen molar-refractivity contribution >= 4 is 33.4 Å². The summed E-state index contributed by atoms with van der Waals surface area (Å²) in [4.78, 5) is 26.3. The minimum absolute atomic E-state index is 0.0416. The summed E-state index contributed by atoms with van der Waals surface area (Å²) in [6.45, 7) is 0.863. The van der Waals surface area contributed by atoms with E-state index in [0.717, 1.165) is 15.7 Å². The lowest BCUT2D eigenvalue weighted by atomic mass is 10.1. The van der Waals surface area contributed by atoms with Crippen LogP contribution < -0.4 is 10.2 Å². The van der Waals surface area contributed by atoms with E-state index in [0.29, 0.717) is 19.5 Å². The molecule has 0 saturated carbocycles. The predicted molar refractivity (Wildman–Crippen MR) is 99.4 cm³/mol. The minimum atomic E-state index is -0.344. The van der Waals surface area contributed by atoms with Crippen LogP contribution in [0.3, 0.4) is 0 Å². The molecule has 5 nitrogen and oxygen atoms in total. The number of aromatic hydroxyl groups is 1. The van der Waals surface area contributed by atoms with Gasteiger partial charge in [0.25, 0.3) is 0 Å². The van der Waals surface area contributed by atoms with Crippen molar-refractivity contribution in [3.63, 3.8) is 0 Å². The quantitative estimate of drug-likeness (QED) is 0.807. The van der Waals surface area contributed by atoms with Gasteiger partial charge in [-0.1, -0.05) is 24.3 Å². The molecule has 1 fully saturated rings. The van der Waals surface area contributed by atoms with Gasteiger partial charge < -0.3 is 15.3 Å². The zero-order chi connectivity index (χ0) is 17.8. The van der Waals surface area contributed by atoms with E-state index in [4.69, 9.17) is 0 Å². The van der Waals surface area contributed by atoms with Gasteiger partial charge in [-0.2, -0.15) is 0 Å². The fourth-order valence-corrected chi connectivity index (χ4v) is 3.47. The van der Waals surface area contributed by atoms with Gasteiger partial charge in [0, 0.05) is 24.0 Å². The van der Waals surface area contributed by atoms with Crippen molar-refractivity contribution in [2.75, 3.05) is 18.0 Å². The van der Waals surface area contributed by atoms with E-state index in [-0.39, 0.29) is 29.9 Å². The lowest BCUT2D eigenvalue weighted by molar-refractivity contribution is -0.126. The van der Waals surface area contributed by atoms with E-state index < -0.39 is 0 Å². The second kappa shape index (κ2) is 7.70. The van der Waals surface area contributed by atoms with Crippen molar-refractivity contribution in [3.8, 4) is 5.75 Å². The van der Waals surface area contributed by atoms with Gasteiger partial charge in [-0.05, 0) is 52.2 Å². The van der Waals surface area contributed by atoms with Crippen LogP contribution >= 0.6 is 15.9 Å². The molecule has 2 N–H and O–H groups in total. The molecule has 1 heterocycles. The average molecular weight is 403 g/mol. The Morgan fingerprint density at radius 2 is 2.04 bits per heavy atom. The Labute approximate surface area is 154 Å². The second-order valence-corrected chi connectivity index (χ2v) is 6.92. The summed E-state index contributed by atoms with van der Waals surface area (Å²) in [5.74, 6) is -0.277. The number of para-hydroxylation sites is 1. The summed E-state index contributed by atoms with van der Waals surface area (Å²) in [5.41, 5.74) is 1.75. The third kappa shape index (κ3) is 4.20. The number of benzene rings is 2. The third-order valence-electron chi connectivity index (χ3n) is 4.26. The van der Waals surface area contributed by atoms with Gasteiger partial charge in [-0.3, -0.25) is 9.59 Å². The lowest BCUT2D eigenvalue weighted by Crippen LogP contribution is -2.34. The van der Waals surface area contributed by atoms with Crippen LogP contribution in [-0.4, -0.2) is 30.0 Å². The van der Waals surface area contributed by atoms with Gasteiger partial charge in [-0.15, -0.1) is 0 Å². The van der Waals surface area contributed by atoms with Crippen LogP contribution in [0.5, 0.6) is 5.75 Å². The van der Waals surface area contributed by atoms with Crippen LogP contribution in [0.15, 0.2) is 53.0 Å².